The normalized spacial score (nSPS) is 24.7. The molecule has 11 heavy (non-hydrogen) atoms. The molecule has 2 aliphatic rings. The Hall–Kier alpha value is 0.259. The fraction of sp³-hybridized carbons (Fsp3) is 0.800. The van der Waals surface area contributed by atoms with Crippen LogP contribution in [0.1, 0.15) is 51.4 Å². The summed E-state index contributed by atoms with van der Waals surface area (Å²) in [6.07, 6.45) is 11.8. The van der Waals surface area contributed by atoms with Crippen molar-refractivity contribution >= 4 is 8.83 Å². The second-order valence-corrected chi connectivity index (χ2v) is 5.51. The monoisotopic (exact) mass is 191 g/mol. The molecule has 0 aromatic heterocycles. The van der Waals surface area contributed by atoms with Crippen LogP contribution in [0.3, 0.4) is 0 Å². The van der Waals surface area contributed by atoms with E-state index >= 15 is 0 Å². The first-order valence-corrected chi connectivity index (χ1v) is 5.97. The summed E-state index contributed by atoms with van der Waals surface area (Å²) in [6, 6.07) is 0. The predicted octanol–water partition coefficient (Wildman–Crippen LogP) is 2.56. The molecule has 0 radical (unpaired) electrons. The quantitative estimate of drug-likeness (QED) is 0.516. The van der Waals surface area contributed by atoms with Crippen LogP contribution in [0.4, 0.5) is 0 Å². The van der Waals surface area contributed by atoms with Gasteiger partial charge in [0.2, 0.25) is 0 Å². The summed E-state index contributed by atoms with van der Waals surface area (Å²) < 4.78 is 3.79. The second-order valence-electron chi connectivity index (χ2n) is 3.54. The molecule has 2 rings (SSSR count). The first kappa shape index (κ1) is 7.89. The van der Waals surface area contributed by atoms with Crippen LogP contribution >= 0.6 is 0 Å². The van der Waals surface area contributed by atoms with E-state index < -0.39 is 0 Å². The first-order valence-electron chi connectivity index (χ1n) is 4.79. The van der Waals surface area contributed by atoms with Gasteiger partial charge in [-0.1, -0.05) is 0 Å². The Bertz CT molecular complexity index is 173. The molecule has 2 fully saturated rings. The Morgan fingerprint density at radius 1 is 0.636 bits per heavy atom. The summed E-state index contributed by atoms with van der Waals surface area (Å²) in [6.45, 7) is 0. The van der Waals surface area contributed by atoms with Crippen molar-refractivity contribution in [3.63, 3.8) is 0 Å². The predicted molar refractivity (Wildman–Crippen MR) is 47.0 cm³/mol. The number of hydrogen-bond acceptors (Lipinski definition) is 0. The maximum absolute atomic E-state index is 1.89. The Morgan fingerprint density at radius 2 is 1.00 bits per heavy atom. The molecule has 0 saturated heterocycles. The average Bonchev–Trinajstić information content (AvgIpc) is 2.60. The van der Waals surface area contributed by atoms with Crippen molar-refractivity contribution in [1.82, 2.24) is 0 Å². The molecule has 2 aliphatic carbocycles. The van der Waals surface area contributed by atoms with E-state index in [9.17, 15) is 0 Å². The van der Waals surface area contributed by atoms with E-state index in [0.717, 1.165) is 14.1 Å². The Morgan fingerprint density at radius 3 is 1.36 bits per heavy atom. The molecule has 0 aromatic rings. The standard InChI is InChI=1S/2C5H8.Mn/c2*1-2-4-5-3-1;/h2*1-4H2;. The minimum absolute atomic E-state index is 1.14. The molecule has 0 spiro atoms. The fourth-order valence-electron chi connectivity index (χ4n) is 1.90. The van der Waals surface area contributed by atoms with Gasteiger partial charge in [0.1, 0.15) is 0 Å². The summed E-state index contributed by atoms with van der Waals surface area (Å²) in [7, 11) is 0. The molecule has 1 heteroatoms. The van der Waals surface area contributed by atoms with Gasteiger partial charge in [0.25, 0.3) is 0 Å². The second kappa shape index (κ2) is 3.78. The molecule has 0 N–H and O–H groups in total. The van der Waals surface area contributed by atoms with Crippen LogP contribution < -0.4 is 0 Å². The van der Waals surface area contributed by atoms with Crippen LogP contribution in [-0.2, 0) is 14.1 Å². The molecule has 63 valence electrons. The SMILES string of the molecule is C1CC[C](=[Mn]=[C]2CCCC2)C1. The molecular weight excluding hydrogens is 175 g/mol. The van der Waals surface area contributed by atoms with Gasteiger partial charge in [-0.05, 0) is 0 Å². The Labute approximate surface area is 74.6 Å². The molecule has 0 atom stereocenters. The third kappa shape index (κ3) is 2.10. The van der Waals surface area contributed by atoms with E-state index in [0.29, 0.717) is 0 Å². The van der Waals surface area contributed by atoms with Crippen molar-refractivity contribution in [2.75, 3.05) is 0 Å². The third-order valence-corrected chi connectivity index (χ3v) is 4.57. The van der Waals surface area contributed by atoms with Gasteiger partial charge < -0.3 is 0 Å². The van der Waals surface area contributed by atoms with E-state index in [1.807, 2.05) is 8.83 Å². The fourth-order valence-corrected chi connectivity index (χ4v) is 3.91. The van der Waals surface area contributed by atoms with Crippen LogP contribution in [-0.4, -0.2) is 8.83 Å². The minimum atomic E-state index is 1.14. The zero-order chi connectivity index (χ0) is 7.52. The van der Waals surface area contributed by atoms with Crippen LogP contribution in [0.5, 0.6) is 0 Å². The van der Waals surface area contributed by atoms with Crippen LogP contribution in [0.25, 0.3) is 0 Å². The van der Waals surface area contributed by atoms with E-state index in [1.54, 1.807) is 0 Å². The van der Waals surface area contributed by atoms with Crippen molar-refractivity contribution < 1.29 is 14.1 Å². The maximum atomic E-state index is 1.89. The first-order chi connectivity index (χ1) is 5.45. The molecule has 0 nitrogen and oxygen atoms in total. The third-order valence-electron chi connectivity index (χ3n) is 2.56. The average molecular weight is 191 g/mol. The van der Waals surface area contributed by atoms with Crippen molar-refractivity contribution in [3.05, 3.63) is 0 Å². The van der Waals surface area contributed by atoms with E-state index in [1.165, 1.54) is 51.4 Å². The van der Waals surface area contributed by atoms with Gasteiger partial charge in [0.05, 0.1) is 0 Å². The van der Waals surface area contributed by atoms with Gasteiger partial charge in [-0.2, -0.15) is 0 Å². The van der Waals surface area contributed by atoms with Gasteiger partial charge in [-0.25, -0.2) is 0 Å². The van der Waals surface area contributed by atoms with E-state index in [2.05, 4.69) is 0 Å². The van der Waals surface area contributed by atoms with Gasteiger partial charge >= 0.3 is 74.3 Å². The van der Waals surface area contributed by atoms with Crippen molar-refractivity contribution in [1.29, 1.82) is 0 Å². The summed E-state index contributed by atoms with van der Waals surface area (Å²) >= 11 is 1.14. The summed E-state index contributed by atoms with van der Waals surface area (Å²) in [5.74, 6) is 0. The summed E-state index contributed by atoms with van der Waals surface area (Å²) in [5, 5.41) is 0. The van der Waals surface area contributed by atoms with Crippen LogP contribution in [0, 0.1) is 0 Å². The molecule has 2 saturated carbocycles. The van der Waals surface area contributed by atoms with E-state index in [4.69, 9.17) is 0 Å². The molecule has 0 unspecified atom stereocenters. The van der Waals surface area contributed by atoms with Gasteiger partial charge in [-0.15, -0.1) is 0 Å². The summed E-state index contributed by atoms with van der Waals surface area (Å²) in [4.78, 5) is 0. The van der Waals surface area contributed by atoms with Crippen LogP contribution in [0.15, 0.2) is 0 Å². The number of rotatable bonds is 0. The summed E-state index contributed by atoms with van der Waals surface area (Å²) in [5.41, 5.74) is 0. The zero-order valence-electron chi connectivity index (χ0n) is 7.03. The Balaban J connectivity index is 2.13. The molecule has 0 aromatic carbocycles. The molecule has 0 amide bonds. The van der Waals surface area contributed by atoms with Crippen molar-refractivity contribution in [3.8, 4) is 0 Å². The molecule has 0 aliphatic heterocycles. The van der Waals surface area contributed by atoms with Crippen molar-refractivity contribution in [2.45, 2.75) is 51.4 Å². The Kier molecular flexibility index (Phi) is 2.71. The van der Waals surface area contributed by atoms with Gasteiger partial charge in [0.15, 0.2) is 0 Å². The topological polar surface area (TPSA) is 0 Å². The zero-order valence-corrected chi connectivity index (χ0v) is 8.22. The molecular formula is C10H16Mn. The van der Waals surface area contributed by atoms with Gasteiger partial charge in [-0.3, -0.25) is 0 Å². The van der Waals surface area contributed by atoms with Gasteiger partial charge in [0, 0.05) is 0 Å². The number of hydrogen-bond donors (Lipinski definition) is 0. The van der Waals surface area contributed by atoms with Crippen LogP contribution in [0.2, 0.25) is 0 Å². The molecule has 0 heterocycles. The van der Waals surface area contributed by atoms with E-state index in [-0.39, 0.29) is 0 Å². The molecule has 0 bridgehead atoms. The van der Waals surface area contributed by atoms with Crippen molar-refractivity contribution in [2.24, 2.45) is 0 Å².